The number of benzene rings is 1. The van der Waals surface area contributed by atoms with Crippen LogP contribution in [0.4, 0.5) is 5.69 Å². The number of nitriles is 1. The maximum atomic E-state index is 8.79. The van der Waals surface area contributed by atoms with Gasteiger partial charge in [-0.05, 0) is 43.7 Å². The van der Waals surface area contributed by atoms with Gasteiger partial charge in [0.15, 0.2) is 0 Å². The molecule has 3 nitrogen and oxygen atoms in total. The summed E-state index contributed by atoms with van der Waals surface area (Å²) in [6, 6.07) is 10.9. The van der Waals surface area contributed by atoms with Gasteiger partial charge in [0.25, 0.3) is 0 Å². The van der Waals surface area contributed by atoms with Crippen LogP contribution in [0.3, 0.4) is 0 Å². The Balaban J connectivity index is 1.74. The third kappa shape index (κ3) is 2.01. The molecule has 1 aromatic carbocycles. The van der Waals surface area contributed by atoms with Crippen molar-refractivity contribution in [1.82, 2.24) is 4.90 Å². The average molecular weight is 227 g/mol. The fourth-order valence-electron chi connectivity index (χ4n) is 2.97. The fraction of sp³-hybridized carbons (Fsp3) is 0.500. The lowest BCUT2D eigenvalue weighted by Gasteiger charge is -2.38. The number of hydrogen-bond acceptors (Lipinski definition) is 3. The quantitative estimate of drug-likeness (QED) is 0.733. The van der Waals surface area contributed by atoms with Crippen LogP contribution in [0, 0.1) is 11.3 Å². The first-order chi connectivity index (χ1) is 8.36. The van der Waals surface area contributed by atoms with Crippen LogP contribution >= 0.6 is 0 Å². The van der Waals surface area contributed by atoms with Crippen molar-refractivity contribution in [3.05, 3.63) is 29.8 Å². The van der Waals surface area contributed by atoms with Gasteiger partial charge in [0.1, 0.15) is 0 Å². The largest absolute Gasteiger partial charge is 0.369 e. The topological polar surface area (TPSA) is 30.3 Å². The van der Waals surface area contributed by atoms with Crippen LogP contribution in [0.15, 0.2) is 24.3 Å². The summed E-state index contributed by atoms with van der Waals surface area (Å²) < 4.78 is 0. The van der Waals surface area contributed by atoms with E-state index in [1.807, 2.05) is 12.1 Å². The van der Waals surface area contributed by atoms with E-state index in [-0.39, 0.29) is 0 Å². The Morgan fingerprint density at radius 3 is 2.71 bits per heavy atom. The molecule has 2 aliphatic heterocycles. The Kier molecular flexibility index (Phi) is 2.74. The molecule has 2 aliphatic rings. The minimum atomic E-state index is 0.744. The molecule has 0 aromatic heterocycles. The lowest BCUT2D eigenvalue weighted by Crippen LogP contribution is -2.50. The number of hydrogen-bond donors (Lipinski definition) is 0. The maximum absolute atomic E-state index is 8.79. The predicted molar refractivity (Wildman–Crippen MR) is 68.0 cm³/mol. The minimum Gasteiger partial charge on any atom is -0.369 e. The van der Waals surface area contributed by atoms with Crippen molar-refractivity contribution >= 4 is 5.69 Å². The van der Waals surface area contributed by atoms with E-state index < -0.39 is 0 Å². The second kappa shape index (κ2) is 4.38. The molecule has 3 rings (SSSR count). The molecular weight excluding hydrogens is 210 g/mol. The van der Waals surface area contributed by atoms with E-state index in [9.17, 15) is 0 Å². The number of fused-ring (bicyclic) bond motifs is 1. The molecule has 2 heterocycles. The number of rotatable bonds is 1. The van der Waals surface area contributed by atoms with E-state index in [1.54, 1.807) is 0 Å². The Bertz CT molecular complexity index is 432. The Morgan fingerprint density at radius 2 is 1.94 bits per heavy atom. The van der Waals surface area contributed by atoms with Crippen LogP contribution in [-0.2, 0) is 0 Å². The molecule has 17 heavy (non-hydrogen) atoms. The summed E-state index contributed by atoms with van der Waals surface area (Å²) in [6.07, 6.45) is 2.69. The average Bonchev–Trinajstić information content (AvgIpc) is 2.86. The summed E-state index contributed by atoms with van der Waals surface area (Å²) in [5, 5.41) is 8.79. The number of anilines is 1. The summed E-state index contributed by atoms with van der Waals surface area (Å²) >= 11 is 0. The van der Waals surface area contributed by atoms with Gasteiger partial charge in [-0.1, -0.05) is 0 Å². The summed E-state index contributed by atoms with van der Waals surface area (Å²) in [4.78, 5) is 5.06. The Morgan fingerprint density at radius 1 is 1.12 bits per heavy atom. The molecule has 0 radical (unpaired) electrons. The van der Waals surface area contributed by atoms with Crippen molar-refractivity contribution in [3.63, 3.8) is 0 Å². The Hall–Kier alpha value is -1.53. The van der Waals surface area contributed by atoms with Crippen LogP contribution in [-0.4, -0.2) is 37.1 Å². The van der Waals surface area contributed by atoms with E-state index in [4.69, 9.17) is 5.26 Å². The van der Waals surface area contributed by atoms with Crippen molar-refractivity contribution in [2.75, 3.05) is 31.1 Å². The lowest BCUT2D eigenvalue weighted by atomic mass is 10.1. The van der Waals surface area contributed by atoms with Crippen molar-refractivity contribution in [3.8, 4) is 6.07 Å². The second-order valence-electron chi connectivity index (χ2n) is 4.94. The van der Waals surface area contributed by atoms with E-state index in [1.165, 1.54) is 31.6 Å². The molecule has 2 fully saturated rings. The molecule has 0 bridgehead atoms. The van der Waals surface area contributed by atoms with Crippen LogP contribution in [0.5, 0.6) is 0 Å². The molecule has 1 atom stereocenters. The van der Waals surface area contributed by atoms with E-state index in [0.717, 1.165) is 24.7 Å². The third-order valence-electron chi connectivity index (χ3n) is 3.95. The monoisotopic (exact) mass is 227 g/mol. The first kappa shape index (κ1) is 10.6. The van der Waals surface area contributed by atoms with E-state index in [2.05, 4.69) is 28.0 Å². The van der Waals surface area contributed by atoms with Gasteiger partial charge in [-0.15, -0.1) is 0 Å². The highest BCUT2D eigenvalue weighted by molar-refractivity contribution is 5.50. The van der Waals surface area contributed by atoms with Crippen molar-refractivity contribution in [2.45, 2.75) is 18.9 Å². The fourth-order valence-corrected chi connectivity index (χ4v) is 2.97. The van der Waals surface area contributed by atoms with E-state index >= 15 is 0 Å². The van der Waals surface area contributed by atoms with Gasteiger partial charge in [-0.2, -0.15) is 5.26 Å². The molecule has 0 unspecified atom stereocenters. The lowest BCUT2D eigenvalue weighted by molar-refractivity contribution is 0.231. The minimum absolute atomic E-state index is 0.744. The van der Waals surface area contributed by atoms with Gasteiger partial charge >= 0.3 is 0 Å². The molecule has 0 N–H and O–H groups in total. The molecule has 88 valence electrons. The van der Waals surface area contributed by atoms with Crippen molar-refractivity contribution < 1.29 is 0 Å². The molecule has 1 aromatic rings. The molecule has 3 heteroatoms. The summed E-state index contributed by atoms with van der Waals surface area (Å²) in [5.74, 6) is 0. The van der Waals surface area contributed by atoms with Gasteiger partial charge in [-0.3, -0.25) is 4.90 Å². The van der Waals surface area contributed by atoms with Gasteiger partial charge in [0.2, 0.25) is 0 Å². The van der Waals surface area contributed by atoms with Gasteiger partial charge in [0, 0.05) is 31.4 Å². The summed E-state index contributed by atoms with van der Waals surface area (Å²) in [5.41, 5.74) is 2.00. The maximum Gasteiger partial charge on any atom is 0.0991 e. The Labute approximate surface area is 102 Å². The number of nitrogens with zero attached hydrogens (tertiary/aromatic N) is 3. The molecule has 2 saturated heterocycles. The number of piperazine rings is 1. The normalized spacial score (nSPS) is 24.4. The molecule has 0 saturated carbocycles. The van der Waals surface area contributed by atoms with Gasteiger partial charge in [0.05, 0.1) is 11.6 Å². The van der Waals surface area contributed by atoms with Gasteiger partial charge < -0.3 is 4.90 Å². The molecular formula is C14H17N3. The van der Waals surface area contributed by atoms with Crippen LogP contribution < -0.4 is 4.90 Å². The summed E-state index contributed by atoms with van der Waals surface area (Å²) in [6.45, 7) is 4.73. The van der Waals surface area contributed by atoms with E-state index in [0.29, 0.717) is 0 Å². The smallest absolute Gasteiger partial charge is 0.0991 e. The first-order valence-electron chi connectivity index (χ1n) is 6.36. The third-order valence-corrected chi connectivity index (χ3v) is 3.95. The molecule has 0 aliphatic carbocycles. The van der Waals surface area contributed by atoms with Crippen LogP contribution in [0.2, 0.25) is 0 Å². The first-order valence-corrected chi connectivity index (χ1v) is 6.36. The standard InChI is InChI=1S/C14H17N3/c15-10-12-3-5-13(6-4-12)17-9-8-16-7-1-2-14(16)11-17/h3-6,14H,1-2,7-9,11H2/t14-/m1/s1. The zero-order valence-corrected chi connectivity index (χ0v) is 9.97. The second-order valence-corrected chi connectivity index (χ2v) is 4.94. The van der Waals surface area contributed by atoms with Crippen molar-refractivity contribution in [1.29, 1.82) is 5.26 Å². The molecule has 0 amide bonds. The van der Waals surface area contributed by atoms with Crippen LogP contribution in [0.1, 0.15) is 18.4 Å². The van der Waals surface area contributed by atoms with Gasteiger partial charge in [-0.25, -0.2) is 0 Å². The highest BCUT2D eigenvalue weighted by Gasteiger charge is 2.30. The zero-order valence-electron chi connectivity index (χ0n) is 9.97. The summed E-state index contributed by atoms with van der Waals surface area (Å²) in [7, 11) is 0. The van der Waals surface area contributed by atoms with Crippen molar-refractivity contribution in [2.24, 2.45) is 0 Å². The van der Waals surface area contributed by atoms with Crippen LogP contribution in [0.25, 0.3) is 0 Å². The predicted octanol–water partition coefficient (Wildman–Crippen LogP) is 1.84. The zero-order chi connectivity index (χ0) is 11.7. The molecule has 0 spiro atoms. The SMILES string of the molecule is N#Cc1ccc(N2CCN3CCC[C@@H]3C2)cc1. The highest BCUT2D eigenvalue weighted by atomic mass is 15.3. The highest BCUT2D eigenvalue weighted by Crippen LogP contribution is 2.25.